The van der Waals surface area contributed by atoms with E-state index in [9.17, 15) is 5.11 Å². The third-order valence-corrected chi connectivity index (χ3v) is 1.99. The van der Waals surface area contributed by atoms with E-state index in [2.05, 4.69) is 22.0 Å². The Morgan fingerprint density at radius 2 is 2.18 bits per heavy atom. The predicted molar refractivity (Wildman–Crippen MR) is 48.0 cm³/mol. The van der Waals surface area contributed by atoms with Gasteiger partial charge in [0.2, 0.25) is 0 Å². The molecule has 0 aliphatic rings. The van der Waals surface area contributed by atoms with Crippen LogP contribution < -0.4 is 0 Å². The van der Waals surface area contributed by atoms with Crippen molar-refractivity contribution in [3.63, 3.8) is 0 Å². The normalized spacial score (nSPS) is 10.0. The monoisotopic (exact) mass is 213 g/mol. The summed E-state index contributed by atoms with van der Waals surface area (Å²) in [6.07, 6.45) is 1.62. The van der Waals surface area contributed by atoms with Gasteiger partial charge in [-0.25, -0.2) is 5.11 Å². The first-order chi connectivity index (χ1) is 5.33. The van der Waals surface area contributed by atoms with E-state index in [4.69, 9.17) is 0 Å². The molecule has 59 valence electrons. The zero-order valence-corrected chi connectivity index (χ0v) is 7.80. The molecule has 0 bridgehead atoms. The van der Waals surface area contributed by atoms with Crippen LogP contribution in [-0.4, -0.2) is 6.61 Å². The third-order valence-electron chi connectivity index (χ3n) is 1.50. The van der Waals surface area contributed by atoms with Crippen molar-refractivity contribution in [3.05, 3.63) is 34.3 Å². The summed E-state index contributed by atoms with van der Waals surface area (Å²) < 4.78 is 1.08. The molecule has 0 saturated heterocycles. The van der Waals surface area contributed by atoms with Gasteiger partial charge in [0.1, 0.15) is 0 Å². The zero-order chi connectivity index (χ0) is 8.10. The molecule has 2 heteroatoms. The Morgan fingerprint density at radius 3 is 2.82 bits per heavy atom. The molecule has 0 N–H and O–H groups in total. The second-order valence-electron chi connectivity index (χ2n) is 2.44. The number of hydrogen-bond acceptors (Lipinski definition) is 0. The Bertz CT molecular complexity index is 223. The Balaban J connectivity index is 2.56. The summed E-state index contributed by atoms with van der Waals surface area (Å²) in [5.74, 6) is 0. The van der Waals surface area contributed by atoms with Gasteiger partial charge in [0.25, 0.3) is 0 Å². The van der Waals surface area contributed by atoms with E-state index in [-0.39, 0.29) is 6.61 Å². The van der Waals surface area contributed by atoms with Crippen LogP contribution in [0.25, 0.3) is 0 Å². The molecule has 0 aliphatic heterocycles. The van der Waals surface area contributed by atoms with Crippen molar-refractivity contribution in [2.24, 2.45) is 0 Å². The van der Waals surface area contributed by atoms with Gasteiger partial charge in [0.15, 0.2) is 0 Å². The van der Waals surface area contributed by atoms with Crippen LogP contribution in [0.15, 0.2) is 28.7 Å². The molecule has 0 spiro atoms. The fourth-order valence-electron chi connectivity index (χ4n) is 0.969. The highest BCUT2D eigenvalue weighted by molar-refractivity contribution is 9.10. The van der Waals surface area contributed by atoms with Crippen molar-refractivity contribution < 1.29 is 5.11 Å². The van der Waals surface area contributed by atoms with E-state index in [1.807, 2.05) is 18.2 Å². The van der Waals surface area contributed by atoms with Crippen LogP contribution in [0.5, 0.6) is 0 Å². The van der Waals surface area contributed by atoms with Crippen molar-refractivity contribution in [2.75, 3.05) is 6.61 Å². The molecule has 1 radical (unpaired) electrons. The third kappa shape index (κ3) is 3.04. The summed E-state index contributed by atoms with van der Waals surface area (Å²) in [7, 11) is 0. The number of hydrogen-bond donors (Lipinski definition) is 0. The summed E-state index contributed by atoms with van der Waals surface area (Å²) in [5.41, 5.74) is 1.23. The molecule has 1 aromatic carbocycles. The van der Waals surface area contributed by atoms with Crippen molar-refractivity contribution in [2.45, 2.75) is 12.8 Å². The highest BCUT2D eigenvalue weighted by Crippen LogP contribution is 2.12. The minimum absolute atomic E-state index is 0.0204. The maximum atomic E-state index is 10.2. The summed E-state index contributed by atoms with van der Waals surface area (Å²) in [5, 5.41) is 10.2. The van der Waals surface area contributed by atoms with Gasteiger partial charge < -0.3 is 0 Å². The second kappa shape index (κ2) is 4.52. The second-order valence-corrected chi connectivity index (χ2v) is 3.35. The Morgan fingerprint density at radius 1 is 1.36 bits per heavy atom. The lowest BCUT2D eigenvalue weighted by molar-refractivity contribution is 0.189. The molecule has 0 aromatic heterocycles. The first-order valence-corrected chi connectivity index (χ1v) is 4.45. The summed E-state index contributed by atoms with van der Waals surface area (Å²) in [6, 6.07) is 8.07. The van der Waals surface area contributed by atoms with Crippen molar-refractivity contribution in [1.29, 1.82) is 0 Å². The lowest BCUT2D eigenvalue weighted by atomic mass is 10.1. The molecule has 1 nitrogen and oxygen atoms in total. The highest BCUT2D eigenvalue weighted by atomic mass is 79.9. The molecule has 0 fully saturated rings. The van der Waals surface area contributed by atoms with Crippen LogP contribution in [-0.2, 0) is 11.5 Å². The van der Waals surface area contributed by atoms with Gasteiger partial charge in [-0.3, -0.25) is 0 Å². The van der Waals surface area contributed by atoms with E-state index in [1.54, 1.807) is 0 Å². The largest absolute Gasteiger partial charge is 0.237 e. The van der Waals surface area contributed by atoms with Gasteiger partial charge >= 0.3 is 0 Å². The Kier molecular flexibility index (Phi) is 3.60. The van der Waals surface area contributed by atoms with Gasteiger partial charge in [-0.05, 0) is 30.5 Å². The fourth-order valence-corrected chi connectivity index (χ4v) is 1.42. The predicted octanol–water partition coefficient (Wildman–Crippen LogP) is 2.81. The zero-order valence-electron chi connectivity index (χ0n) is 6.22. The topological polar surface area (TPSA) is 19.9 Å². The summed E-state index contributed by atoms with van der Waals surface area (Å²) in [6.45, 7) is 0.0204. The molecule has 11 heavy (non-hydrogen) atoms. The van der Waals surface area contributed by atoms with Gasteiger partial charge in [0, 0.05) is 4.47 Å². The maximum absolute atomic E-state index is 10.2. The number of rotatable bonds is 3. The average molecular weight is 214 g/mol. The quantitative estimate of drug-likeness (QED) is 0.737. The molecule has 0 unspecified atom stereocenters. The fraction of sp³-hybridized carbons (Fsp3) is 0.333. The lowest BCUT2D eigenvalue weighted by Crippen LogP contribution is -1.87. The van der Waals surface area contributed by atoms with Gasteiger partial charge in [-0.15, -0.1) is 0 Å². The SMILES string of the molecule is [O]CCCc1cccc(Br)c1. The van der Waals surface area contributed by atoms with Crippen LogP contribution in [0.3, 0.4) is 0 Å². The first-order valence-electron chi connectivity index (χ1n) is 3.65. The molecule has 0 aliphatic carbocycles. The molecule has 0 heterocycles. The minimum atomic E-state index is 0.0204. The maximum Gasteiger partial charge on any atom is 0.0825 e. The first kappa shape index (κ1) is 8.75. The van der Waals surface area contributed by atoms with Gasteiger partial charge in [-0.1, -0.05) is 28.1 Å². The van der Waals surface area contributed by atoms with E-state index in [1.165, 1.54) is 5.56 Å². The highest BCUT2D eigenvalue weighted by Gasteiger charge is 1.92. The van der Waals surface area contributed by atoms with Crippen molar-refractivity contribution in [1.82, 2.24) is 0 Å². The van der Waals surface area contributed by atoms with Gasteiger partial charge in [-0.2, -0.15) is 0 Å². The minimum Gasteiger partial charge on any atom is -0.237 e. The summed E-state index contributed by atoms with van der Waals surface area (Å²) >= 11 is 3.38. The van der Waals surface area contributed by atoms with Gasteiger partial charge in [0.05, 0.1) is 6.61 Å². The standard InChI is InChI=1S/C9H10BrO/c10-9-5-1-3-8(7-9)4-2-6-11/h1,3,5,7H,2,4,6H2. The Hall–Kier alpha value is -0.340. The Labute approximate surface area is 75.2 Å². The van der Waals surface area contributed by atoms with Crippen molar-refractivity contribution >= 4 is 15.9 Å². The van der Waals surface area contributed by atoms with Crippen LogP contribution in [0.4, 0.5) is 0 Å². The molecular formula is C9H10BrO. The van der Waals surface area contributed by atoms with Crippen LogP contribution in [0.2, 0.25) is 0 Å². The van der Waals surface area contributed by atoms with Crippen molar-refractivity contribution in [3.8, 4) is 0 Å². The molecule has 0 amide bonds. The van der Waals surface area contributed by atoms with Crippen LogP contribution in [0, 0.1) is 0 Å². The van der Waals surface area contributed by atoms with Crippen LogP contribution in [0.1, 0.15) is 12.0 Å². The molecule has 0 atom stereocenters. The van der Waals surface area contributed by atoms with E-state index >= 15 is 0 Å². The number of aryl methyl sites for hydroxylation is 1. The van der Waals surface area contributed by atoms with Crippen LogP contribution >= 0.6 is 15.9 Å². The number of halogens is 1. The van der Waals surface area contributed by atoms with E-state index < -0.39 is 0 Å². The summed E-state index contributed by atoms with van der Waals surface area (Å²) in [4.78, 5) is 0. The molecular weight excluding hydrogens is 204 g/mol. The molecule has 0 saturated carbocycles. The number of benzene rings is 1. The van der Waals surface area contributed by atoms with E-state index in [0.29, 0.717) is 0 Å². The average Bonchev–Trinajstić information content (AvgIpc) is 2.01. The smallest absolute Gasteiger partial charge is 0.0825 e. The lowest BCUT2D eigenvalue weighted by Gasteiger charge is -1.98. The molecule has 1 rings (SSSR count). The van der Waals surface area contributed by atoms with E-state index in [0.717, 1.165) is 17.3 Å². The molecule has 1 aromatic rings.